The molecule has 74 valence electrons. The molecule has 14 heavy (non-hydrogen) atoms. The molecule has 0 aromatic carbocycles. The van der Waals surface area contributed by atoms with Gasteiger partial charge in [0.05, 0.1) is 13.4 Å². The molecule has 0 N–H and O–H groups in total. The number of rotatable bonds is 2. The second kappa shape index (κ2) is 3.22. The zero-order valence-corrected chi connectivity index (χ0v) is 8.30. The third kappa shape index (κ3) is 1.20. The van der Waals surface area contributed by atoms with Crippen molar-refractivity contribution in [2.75, 3.05) is 19.2 Å². The first-order valence-electron chi connectivity index (χ1n) is 4.14. The van der Waals surface area contributed by atoms with E-state index in [1.807, 2.05) is 11.6 Å². The normalized spacial score (nSPS) is 10.8. The van der Waals surface area contributed by atoms with Crippen molar-refractivity contribution in [1.82, 2.24) is 19.5 Å². The zero-order chi connectivity index (χ0) is 10.1. The van der Waals surface area contributed by atoms with Gasteiger partial charge in [-0.05, 0) is 0 Å². The molecular formula is C8H11N5O. The predicted octanol–water partition coefficient (Wildman–Crippen LogP) is 0.312. The lowest BCUT2D eigenvalue weighted by Crippen LogP contribution is -2.18. The lowest BCUT2D eigenvalue weighted by Gasteiger charge is -2.17. The molecule has 6 nitrogen and oxygen atoms in total. The fourth-order valence-electron chi connectivity index (χ4n) is 1.25. The minimum atomic E-state index is 0.665. The molecule has 0 atom stereocenters. The molecule has 2 aliphatic rings. The molecule has 0 unspecified atom stereocenters. The molecule has 2 aliphatic heterocycles. The number of hydrogen-bond acceptors (Lipinski definition) is 5. The Morgan fingerprint density at radius 3 is 2.86 bits per heavy atom. The highest BCUT2D eigenvalue weighted by Crippen LogP contribution is 2.25. The van der Waals surface area contributed by atoms with Gasteiger partial charge in [0.2, 0.25) is 0 Å². The van der Waals surface area contributed by atoms with Gasteiger partial charge in [0.15, 0.2) is 17.3 Å². The van der Waals surface area contributed by atoms with E-state index in [9.17, 15) is 0 Å². The van der Waals surface area contributed by atoms with Crippen molar-refractivity contribution in [2.24, 2.45) is 7.05 Å². The van der Waals surface area contributed by atoms with E-state index >= 15 is 0 Å². The second-order valence-electron chi connectivity index (χ2n) is 2.91. The number of nitrogens with zero attached hydrogens (tertiary/aromatic N) is 5. The average molecular weight is 193 g/mol. The third-order valence-electron chi connectivity index (χ3n) is 2.05. The van der Waals surface area contributed by atoms with E-state index < -0.39 is 0 Å². The van der Waals surface area contributed by atoms with Gasteiger partial charge in [-0.15, -0.1) is 0 Å². The van der Waals surface area contributed by atoms with E-state index in [1.54, 1.807) is 25.5 Å². The highest BCUT2D eigenvalue weighted by atomic mass is 16.7. The van der Waals surface area contributed by atoms with Crippen molar-refractivity contribution in [3.8, 4) is 11.5 Å². The number of fused-ring (bicyclic) bond motifs is 1. The summed E-state index contributed by atoms with van der Waals surface area (Å²) < 4.78 is 1.81. The predicted molar refractivity (Wildman–Crippen MR) is 50.8 cm³/mol. The topological polar surface area (TPSA) is 56.1 Å². The maximum atomic E-state index is 5.05. The zero-order valence-electron chi connectivity index (χ0n) is 8.30. The number of hydrogen-bond donors (Lipinski definition) is 0. The maximum absolute atomic E-state index is 5.05. The van der Waals surface area contributed by atoms with Gasteiger partial charge in [-0.1, -0.05) is 0 Å². The van der Waals surface area contributed by atoms with E-state index in [0.717, 1.165) is 11.5 Å². The Kier molecular flexibility index (Phi) is 2.05. The largest absolute Gasteiger partial charge is 0.318 e. The molecular weight excluding hydrogens is 182 g/mol. The summed E-state index contributed by atoms with van der Waals surface area (Å²) in [7, 11) is 5.23. The molecule has 0 saturated heterocycles. The van der Waals surface area contributed by atoms with Crippen molar-refractivity contribution in [1.29, 1.82) is 0 Å². The summed E-state index contributed by atoms with van der Waals surface area (Å²) in [4.78, 5) is 17.5. The van der Waals surface area contributed by atoms with Gasteiger partial charge >= 0.3 is 0 Å². The number of aryl methyl sites for hydroxylation is 1. The van der Waals surface area contributed by atoms with Crippen molar-refractivity contribution in [3.63, 3.8) is 0 Å². The fourth-order valence-corrected chi connectivity index (χ4v) is 1.25. The lowest BCUT2D eigenvalue weighted by atomic mass is 10.4. The van der Waals surface area contributed by atoms with Crippen LogP contribution in [-0.2, 0) is 11.9 Å². The van der Waals surface area contributed by atoms with Crippen LogP contribution >= 0.6 is 0 Å². The molecule has 0 amide bonds. The summed E-state index contributed by atoms with van der Waals surface area (Å²) >= 11 is 0. The van der Waals surface area contributed by atoms with Crippen LogP contribution in [0.25, 0.3) is 11.5 Å². The quantitative estimate of drug-likeness (QED) is 0.642. The summed E-state index contributed by atoms with van der Waals surface area (Å²) in [6.45, 7) is 0. The molecule has 0 fully saturated rings. The first kappa shape index (κ1) is 8.89. The molecule has 6 heteroatoms. The van der Waals surface area contributed by atoms with Crippen molar-refractivity contribution in [2.45, 2.75) is 0 Å². The minimum Gasteiger partial charge on any atom is -0.318 e. The van der Waals surface area contributed by atoms with Gasteiger partial charge in [0.25, 0.3) is 0 Å². The molecule has 0 aromatic rings. The van der Waals surface area contributed by atoms with E-state index in [-0.39, 0.29) is 0 Å². The van der Waals surface area contributed by atoms with E-state index in [4.69, 9.17) is 4.84 Å². The van der Waals surface area contributed by atoms with Gasteiger partial charge in [0.1, 0.15) is 6.33 Å². The van der Waals surface area contributed by atoms with Crippen LogP contribution in [0.3, 0.4) is 0 Å². The monoisotopic (exact) mass is 193 g/mol. The molecule has 0 bridgehead atoms. The van der Waals surface area contributed by atoms with Crippen LogP contribution in [0.4, 0.5) is 5.82 Å². The van der Waals surface area contributed by atoms with Crippen LogP contribution < -0.4 is 5.06 Å². The number of aromatic nitrogens is 4. The molecule has 0 aliphatic carbocycles. The van der Waals surface area contributed by atoms with Crippen molar-refractivity contribution in [3.05, 3.63) is 12.7 Å². The number of hydroxylamine groups is 1. The molecule has 2 rings (SSSR count). The number of anilines is 1. The van der Waals surface area contributed by atoms with Crippen molar-refractivity contribution >= 4 is 5.82 Å². The Balaban J connectivity index is 2.58. The summed E-state index contributed by atoms with van der Waals surface area (Å²) in [5.74, 6) is 1.46. The van der Waals surface area contributed by atoms with E-state index in [2.05, 4.69) is 15.0 Å². The Morgan fingerprint density at radius 2 is 2.14 bits per heavy atom. The Bertz CT molecular complexity index is 412. The lowest BCUT2D eigenvalue weighted by molar-refractivity contribution is 0.182. The first-order valence-corrected chi connectivity index (χ1v) is 4.14. The van der Waals surface area contributed by atoms with Crippen LogP contribution in [0.15, 0.2) is 12.7 Å². The summed E-state index contributed by atoms with van der Waals surface area (Å²) in [6.07, 6.45) is 3.20. The van der Waals surface area contributed by atoms with E-state index in [0.29, 0.717) is 5.82 Å². The van der Waals surface area contributed by atoms with Gasteiger partial charge in [0, 0.05) is 14.1 Å². The fraction of sp³-hybridized carbons (Fsp3) is 0.375. The van der Waals surface area contributed by atoms with Crippen molar-refractivity contribution < 1.29 is 4.84 Å². The molecule has 0 saturated carbocycles. The van der Waals surface area contributed by atoms with Gasteiger partial charge in [-0.25, -0.2) is 20.0 Å². The van der Waals surface area contributed by atoms with E-state index in [1.165, 1.54) is 6.33 Å². The van der Waals surface area contributed by atoms with Gasteiger partial charge in [-0.2, -0.15) is 0 Å². The second-order valence-corrected chi connectivity index (χ2v) is 2.91. The maximum Gasteiger partial charge on any atom is 0.183 e. The summed E-state index contributed by atoms with van der Waals surface area (Å²) in [5, 5.41) is 1.55. The molecule has 0 aromatic heterocycles. The Labute approximate surface area is 81.5 Å². The summed E-state index contributed by atoms with van der Waals surface area (Å²) in [5.41, 5.74) is 0.736. The average Bonchev–Trinajstić information content (AvgIpc) is 2.67. The highest BCUT2D eigenvalue weighted by molar-refractivity contribution is 5.66. The van der Waals surface area contributed by atoms with Gasteiger partial charge < -0.3 is 4.57 Å². The first-order chi connectivity index (χ1) is 6.74. The molecule has 2 heterocycles. The smallest absolute Gasteiger partial charge is 0.183 e. The molecule has 0 spiro atoms. The van der Waals surface area contributed by atoms with Crippen LogP contribution in [0.1, 0.15) is 0 Å². The molecule has 0 radical (unpaired) electrons. The van der Waals surface area contributed by atoms with Gasteiger partial charge in [-0.3, -0.25) is 4.84 Å². The third-order valence-corrected chi connectivity index (χ3v) is 2.05. The highest BCUT2D eigenvalue weighted by Gasteiger charge is 2.17. The number of imidazole rings is 1. The van der Waals surface area contributed by atoms with Crippen LogP contribution in [0, 0.1) is 0 Å². The minimum absolute atomic E-state index is 0.665. The Hall–Kier alpha value is -1.69. The SMILES string of the molecule is CON(C)c1ncn(C)c2ncnc1-2. The Morgan fingerprint density at radius 1 is 1.36 bits per heavy atom. The van der Waals surface area contributed by atoms with Crippen LogP contribution in [0.2, 0.25) is 0 Å². The standard InChI is InChI=1S/C8H11N5O/c1-12-5-11-8(13(2)14-3)6-7(12)10-4-9-6/h4-5H,1-3H3. The van der Waals surface area contributed by atoms with Crippen LogP contribution in [0.5, 0.6) is 0 Å². The summed E-state index contributed by atoms with van der Waals surface area (Å²) in [6, 6.07) is 0. The van der Waals surface area contributed by atoms with Crippen LogP contribution in [-0.4, -0.2) is 33.7 Å².